The lowest BCUT2D eigenvalue weighted by molar-refractivity contribution is 0.220. The number of urea groups is 1. The van der Waals surface area contributed by atoms with E-state index in [1.807, 2.05) is 55.5 Å². The van der Waals surface area contributed by atoms with E-state index >= 15 is 0 Å². The Labute approximate surface area is 193 Å². The predicted molar refractivity (Wildman–Crippen MR) is 126 cm³/mol. The van der Waals surface area contributed by atoms with Crippen molar-refractivity contribution in [3.8, 4) is 22.9 Å². The minimum absolute atomic E-state index is 0.314. The smallest absolute Gasteiger partial charge is 0.343 e. The maximum absolute atomic E-state index is 12.3. The van der Waals surface area contributed by atoms with E-state index in [0.717, 1.165) is 45.9 Å². The molecule has 33 heavy (non-hydrogen) atoms. The summed E-state index contributed by atoms with van der Waals surface area (Å²) in [6.45, 7) is 2.31. The summed E-state index contributed by atoms with van der Waals surface area (Å²) in [6.07, 6.45) is 2.25. The number of benzene rings is 3. The molecule has 0 atom stereocenters. The van der Waals surface area contributed by atoms with Gasteiger partial charge in [0.1, 0.15) is 12.4 Å². The van der Waals surface area contributed by atoms with E-state index in [0.29, 0.717) is 23.8 Å². The molecule has 3 aromatic rings. The lowest BCUT2D eigenvalue weighted by atomic mass is 10.0. The van der Waals surface area contributed by atoms with E-state index in [1.54, 1.807) is 6.07 Å². The van der Waals surface area contributed by atoms with Crippen LogP contribution >= 0.6 is 0 Å². The third kappa shape index (κ3) is 5.01. The Morgan fingerprint density at radius 1 is 1.18 bits per heavy atom. The first kappa shape index (κ1) is 22.0. The Bertz CT molecular complexity index is 1240. The summed E-state index contributed by atoms with van der Waals surface area (Å²) >= 11 is 0. The number of rotatable bonds is 7. The average Bonchev–Trinajstić information content (AvgIpc) is 3.68. The summed E-state index contributed by atoms with van der Waals surface area (Å²) in [7, 11) is 1.43. The second-order valence-electron chi connectivity index (χ2n) is 8.16. The zero-order valence-corrected chi connectivity index (χ0v) is 18.6. The van der Waals surface area contributed by atoms with Gasteiger partial charge in [-0.05, 0) is 78.3 Å². The van der Waals surface area contributed by atoms with Crippen LogP contribution in [0.25, 0.3) is 11.1 Å². The van der Waals surface area contributed by atoms with Crippen LogP contribution < -0.4 is 10.1 Å². The third-order valence-electron chi connectivity index (χ3n) is 5.79. The number of anilines is 1. The fourth-order valence-electron chi connectivity index (χ4n) is 3.81. The number of ether oxygens (including phenoxy) is 1. The summed E-state index contributed by atoms with van der Waals surface area (Å²) in [4.78, 5) is 12.3. The van der Waals surface area contributed by atoms with Crippen molar-refractivity contribution in [2.45, 2.75) is 32.3 Å². The van der Waals surface area contributed by atoms with Gasteiger partial charge < -0.3 is 10.1 Å². The van der Waals surface area contributed by atoms with Gasteiger partial charge in [-0.1, -0.05) is 35.6 Å². The molecule has 0 bridgehead atoms. The van der Waals surface area contributed by atoms with Crippen molar-refractivity contribution in [1.29, 1.82) is 10.8 Å². The highest BCUT2D eigenvalue weighted by atomic mass is 16.5. The first-order valence-electron chi connectivity index (χ1n) is 10.8. The zero-order chi connectivity index (χ0) is 23.4. The van der Waals surface area contributed by atoms with Gasteiger partial charge in [-0.3, -0.25) is 0 Å². The van der Waals surface area contributed by atoms with Crippen molar-refractivity contribution in [3.63, 3.8) is 0 Å². The number of hydrogen-bond donors (Lipinski definition) is 2. The molecule has 2 amide bonds. The average molecular weight is 440 g/mol. The molecule has 0 unspecified atom stereocenters. The number of carbonyl (C=O) groups is 1. The first-order chi connectivity index (χ1) is 16.0. The highest BCUT2D eigenvalue weighted by Gasteiger charge is 2.28. The Hall–Kier alpha value is -4.18. The maximum Gasteiger partial charge on any atom is 0.343 e. The maximum atomic E-state index is 12.3. The zero-order valence-electron chi connectivity index (χ0n) is 18.6. The van der Waals surface area contributed by atoms with Gasteiger partial charge in [-0.2, -0.15) is 15.8 Å². The van der Waals surface area contributed by atoms with Gasteiger partial charge in [-0.15, -0.1) is 0 Å². The predicted octanol–water partition coefficient (Wildman–Crippen LogP) is 6.40. The van der Waals surface area contributed by atoms with Crippen LogP contribution in [-0.4, -0.2) is 18.1 Å². The molecule has 0 aliphatic heterocycles. The van der Waals surface area contributed by atoms with Crippen LogP contribution in [0.5, 0.6) is 5.75 Å². The van der Waals surface area contributed by atoms with Crippen molar-refractivity contribution in [2.75, 3.05) is 12.4 Å². The minimum Gasteiger partial charge on any atom is -0.489 e. The lowest BCUT2D eigenvalue weighted by Crippen LogP contribution is -2.27. The largest absolute Gasteiger partial charge is 0.489 e. The summed E-state index contributed by atoms with van der Waals surface area (Å²) in [5, 5.41) is 16.1. The Kier molecular flexibility index (Phi) is 6.36. The first-order valence-corrected chi connectivity index (χ1v) is 10.8. The molecule has 2 N–H and O–H groups in total. The molecule has 0 saturated heterocycles. The van der Waals surface area contributed by atoms with Crippen molar-refractivity contribution in [2.24, 2.45) is 5.22 Å². The van der Waals surface area contributed by atoms with Crippen LogP contribution in [0.1, 0.15) is 41.0 Å². The Balaban J connectivity index is 1.57. The van der Waals surface area contributed by atoms with E-state index in [9.17, 15) is 4.79 Å². The van der Waals surface area contributed by atoms with E-state index in [4.69, 9.17) is 15.5 Å². The van der Waals surface area contributed by atoms with Crippen LogP contribution in [0.2, 0.25) is 0 Å². The molecular formula is C26H25N5O2. The topological polar surface area (TPSA) is 102 Å². The molecule has 7 heteroatoms. The van der Waals surface area contributed by atoms with Crippen LogP contribution in [-0.2, 0) is 6.61 Å². The van der Waals surface area contributed by atoms with Gasteiger partial charge in [0.15, 0.2) is 0 Å². The lowest BCUT2D eigenvalue weighted by Gasteiger charge is -2.18. The fraction of sp³-hybridized carbons (Fsp3) is 0.231. The molecule has 1 saturated carbocycles. The number of nitriles is 1. The van der Waals surface area contributed by atoms with E-state index in [1.165, 1.54) is 12.6 Å². The summed E-state index contributed by atoms with van der Waals surface area (Å²) in [5.74, 6) is 1.24. The highest BCUT2D eigenvalue weighted by molar-refractivity contribution is 5.90. The van der Waals surface area contributed by atoms with Crippen molar-refractivity contribution >= 4 is 11.7 Å². The highest BCUT2D eigenvalue weighted by Crippen LogP contribution is 2.43. The summed E-state index contributed by atoms with van der Waals surface area (Å²) < 4.78 is 6.21. The molecule has 0 aromatic heterocycles. The normalized spacial score (nSPS) is 12.5. The quantitative estimate of drug-likeness (QED) is 0.329. The number of amides is 2. The molecule has 1 fully saturated rings. The molecule has 1 aliphatic rings. The van der Waals surface area contributed by atoms with Gasteiger partial charge in [0, 0.05) is 18.3 Å². The minimum atomic E-state index is -0.473. The fourth-order valence-corrected chi connectivity index (χ4v) is 3.81. The molecule has 7 nitrogen and oxygen atoms in total. The summed E-state index contributed by atoms with van der Waals surface area (Å²) in [6, 6.07) is 21.1. The second-order valence-corrected chi connectivity index (χ2v) is 8.16. The van der Waals surface area contributed by atoms with Gasteiger partial charge >= 0.3 is 6.03 Å². The molecule has 166 valence electrons. The van der Waals surface area contributed by atoms with Gasteiger partial charge in [-0.25, -0.2) is 4.79 Å². The third-order valence-corrected chi connectivity index (χ3v) is 5.79. The van der Waals surface area contributed by atoms with Crippen LogP contribution in [0.3, 0.4) is 0 Å². The standard InChI is InChI=1S/C26H25N5O2/c1-17-13-21(20-6-3-5-18(14-20)15-27)11-12-25(17)33-16-23-22(19-9-10-19)7-4-8-24(23)29-26(32)31(2)30-28/h3-8,11-14,19,28H,9-10,16H2,1-2H3,(H,29,32). The molecule has 3 aromatic carbocycles. The molecule has 0 spiro atoms. The van der Waals surface area contributed by atoms with Crippen LogP contribution in [0, 0.1) is 23.8 Å². The van der Waals surface area contributed by atoms with Crippen molar-refractivity contribution in [1.82, 2.24) is 5.01 Å². The molecular weight excluding hydrogens is 414 g/mol. The second kappa shape index (κ2) is 9.53. The van der Waals surface area contributed by atoms with Crippen molar-refractivity contribution in [3.05, 3.63) is 82.9 Å². The van der Waals surface area contributed by atoms with E-state index < -0.39 is 6.03 Å². The monoisotopic (exact) mass is 439 g/mol. The number of hydrogen-bond acceptors (Lipinski definition) is 5. The molecule has 1 aliphatic carbocycles. The molecule has 4 rings (SSSR count). The van der Waals surface area contributed by atoms with E-state index in [-0.39, 0.29) is 0 Å². The SMILES string of the molecule is Cc1cc(-c2cccc(C#N)c2)ccc1OCc1c(NC(=O)N(C)N=N)cccc1C1CC1. The number of nitrogens with one attached hydrogen (secondary N) is 2. The number of carbonyl (C=O) groups excluding carboxylic acids is 1. The number of aryl methyl sites for hydroxylation is 1. The molecule has 0 radical (unpaired) electrons. The van der Waals surface area contributed by atoms with Crippen molar-refractivity contribution < 1.29 is 9.53 Å². The Morgan fingerprint density at radius 2 is 1.94 bits per heavy atom. The number of nitrogens with zero attached hydrogens (tertiary/aromatic N) is 3. The van der Waals surface area contributed by atoms with E-state index in [2.05, 4.69) is 22.7 Å². The van der Waals surface area contributed by atoms with Crippen LogP contribution in [0.15, 0.2) is 65.9 Å². The van der Waals surface area contributed by atoms with Crippen LogP contribution in [0.4, 0.5) is 10.5 Å². The van der Waals surface area contributed by atoms with Gasteiger partial charge in [0.2, 0.25) is 0 Å². The van der Waals surface area contributed by atoms with Gasteiger partial charge in [0.05, 0.1) is 11.6 Å². The molecule has 0 heterocycles. The van der Waals surface area contributed by atoms with Gasteiger partial charge in [0.25, 0.3) is 0 Å². The Morgan fingerprint density at radius 3 is 2.64 bits per heavy atom. The summed E-state index contributed by atoms with van der Waals surface area (Å²) in [5.41, 5.74) is 13.5.